The first kappa shape index (κ1) is 17.0. The molecule has 0 unspecified atom stereocenters. The second-order valence-electron chi connectivity index (χ2n) is 4.83. The first-order chi connectivity index (χ1) is 9.53. The van der Waals surface area contributed by atoms with E-state index in [4.69, 9.17) is 18.0 Å². The van der Waals surface area contributed by atoms with Crippen LogP contribution in [-0.4, -0.2) is 34.2 Å². The summed E-state index contributed by atoms with van der Waals surface area (Å²) in [5.74, 6) is -0.298. The van der Waals surface area contributed by atoms with E-state index >= 15 is 0 Å². The molecule has 0 radical (unpaired) electrons. The Morgan fingerprint density at radius 3 is 2.55 bits per heavy atom. The molecule has 1 rings (SSSR count). The average Bonchev–Trinajstić information content (AvgIpc) is 2.40. The van der Waals surface area contributed by atoms with Crippen molar-refractivity contribution in [3.05, 3.63) is 35.1 Å². The van der Waals surface area contributed by atoms with Gasteiger partial charge in [0, 0.05) is 24.7 Å². The highest BCUT2D eigenvalue weighted by atomic mass is 32.1. The van der Waals surface area contributed by atoms with Crippen molar-refractivity contribution < 1.29 is 9.50 Å². The number of nitrogens with two attached hydrogens (primary N) is 1. The van der Waals surface area contributed by atoms with E-state index in [0.29, 0.717) is 24.7 Å². The van der Waals surface area contributed by atoms with Gasteiger partial charge in [-0.2, -0.15) is 0 Å². The van der Waals surface area contributed by atoms with Crippen molar-refractivity contribution >= 4 is 17.2 Å². The van der Waals surface area contributed by atoms with E-state index in [9.17, 15) is 9.50 Å². The summed E-state index contributed by atoms with van der Waals surface area (Å²) in [6, 6.07) is 4.81. The van der Waals surface area contributed by atoms with E-state index in [0.717, 1.165) is 18.4 Å². The Morgan fingerprint density at radius 2 is 2.05 bits per heavy atom. The molecular weight excluding hydrogens is 275 g/mol. The van der Waals surface area contributed by atoms with Crippen LogP contribution in [0.25, 0.3) is 0 Å². The minimum absolute atomic E-state index is 0.0776. The molecule has 0 heterocycles. The lowest BCUT2D eigenvalue weighted by Crippen LogP contribution is -2.36. The van der Waals surface area contributed by atoms with Gasteiger partial charge in [-0.1, -0.05) is 26.1 Å². The van der Waals surface area contributed by atoms with Gasteiger partial charge in [0.1, 0.15) is 10.8 Å². The minimum atomic E-state index is -0.298. The molecule has 20 heavy (non-hydrogen) atoms. The molecule has 1 aromatic rings. The van der Waals surface area contributed by atoms with Gasteiger partial charge in [-0.05, 0) is 36.6 Å². The van der Waals surface area contributed by atoms with Gasteiger partial charge in [-0.3, -0.25) is 4.90 Å². The molecule has 0 fully saturated rings. The number of benzene rings is 1. The number of halogens is 1. The Kier molecular flexibility index (Phi) is 7.05. The van der Waals surface area contributed by atoms with Crippen LogP contribution < -0.4 is 5.73 Å². The zero-order chi connectivity index (χ0) is 15.1. The van der Waals surface area contributed by atoms with Gasteiger partial charge in [0.05, 0.1) is 6.61 Å². The second-order valence-corrected chi connectivity index (χ2v) is 5.27. The number of hydrogen-bond donors (Lipinski definition) is 2. The lowest BCUT2D eigenvalue weighted by atomic mass is 10.0. The van der Waals surface area contributed by atoms with Gasteiger partial charge >= 0.3 is 0 Å². The standard InChI is InChI=1S/C15H23FN2OS/c1-3-13(4-2)18(7-8-19)10-11-9-12(16)5-6-14(11)15(17)20/h5-6,9,13,19H,3-4,7-8,10H2,1-2H3,(H2,17,20). The van der Waals surface area contributed by atoms with Crippen LogP contribution in [0.4, 0.5) is 4.39 Å². The lowest BCUT2D eigenvalue weighted by Gasteiger charge is -2.30. The predicted molar refractivity (Wildman–Crippen MR) is 84.2 cm³/mol. The van der Waals surface area contributed by atoms with Crippen molar-refractivity contribution in [3.8, 4) is 0 Å². The summed E-state index contributed by atoms with van der Waals surface area (Å²) >= 11 is 5.02. The summed E-state index contributed by atoms with van der Waals surface area (Å²) in [5.41, 5.74) is 7.18. The highest BCUT2D eigenvalue weighted by molar-refractivity contribution is 7.80. The van der Waals surface area contributed by atoms with Gasteiger partial charge in [0.25, 0.3) is 0 Å². The van der Waals surface area contributed by atoms with E-state index in [1.54, 1.807) is 6.07 Å². The highest BCUT2D eigenvalue weighted by Gasteiger charge is 2.17. The predicted octanol–water partition coefficient (Wildman–Crippen LogP) is 2.44. The van der Waals surface area contributed by atoms with Gasteiger partial charge < -0.3 is 10.8 Å². The van der Waals surface area contributed by atoms with Crippen molar-refractivity contribution in [1.82, 2.24) is 4.90 Å². The minimum Gasteiger partial charge on any atom is -0.395 e. The van der Waals surface area contributed by atoms with Crippen LogP contribution >= 0.6 is 12.2 Å². The Bertz CT molecular complexity index is 449. The molecule has 0 saturated heterocycles. The molecule has 0 saturated carbocycles. The van der Waals surface area contributed by atoms with Crippen molar-refractivity contribution in [2.45, 2.75) is 39.3 Å². The van der Waals surface area contributed by atoms with Crippen LogP contribution in [0.1, 0.15) is 37.8 Å². The summed E-state index contributed by atoms with van der Waals surface area (Å²) < 4.78 is 13.5. The van der Waals surface area contributed by atoms with E-state index in [1.807, 2.05) is 0 Å². The van der Waals surface area contributed by atoms with Crippen molar-refractivity contribution in [1.29, 1.82) is 0 Å². The molecule has 112 valence electrons. The number of aliphatic hydroxyl groups is 1. The van der Waals surface area contributed by atoms with E-state index in [-0.39, 0.29) is 17.4 Å². The normalized spacial score (nSPS) is 11.3. The first-order valence-electron chi connectivity index (χ1n) is 6.96. The van der Waals surface area contributed by atoms with Crippen LogP contribution in [0.3, 0.4) is 0 Å². The molecule has 3 N–H and O–H groups in total. The third-order valence-corrected chi connectivity index (χ3v) is 3.77. The molecule has 0 amide bonds. The third kappa shape index (κ3) is 4.51. The lowest BCUT2D eigenvalue weighted by molar-refractivity contribution is 0.136. The van der Waals surface area contributed by atoms with Gasteiger partial charge in [0.15, 0.2) is 0 Å². The van der Waals surface area contributed by atoms with Crippen molar-refractivity contribution in [2.75, 3.05) is 13.2 Å². The quantitative estimate of drug-likeness (QED) is 0.724. The third-order valence-electron chi connectivity index (χ3n) is 3.55. The fourth-order valence-electron chi connectivity index (χ4n) is 2.48. The molecule has 3 nitrogen and oxygen atoms in total. The molecule has 0 aliphatic carbocycles. The SMILES string of the molecule is CCC(CC)N(CCO)Cc1cc(F)ccc1C(N)=S. The molecule has 5 heteroatoms. The smallest absolute Gasteiger partial charge is 0.123 e. The van der Waals surface area contributed by atoms with Crippen molar-refractivity contribution in [3.63, 3.8) is 0 Å². The molecule has 0 aliphatic heterocycles. The average molecular weight is 298 g/mol. The van der Waals surface area contributed by atoms with Crippen LogP contribution in [0, 0.1) is 5.82 Å². The summed E-state index contributed by atoms with van der Waals surface area (Å²) in [7, 11) is 0. The molecule has 1 aromatic carbocycles. The topological polar surface area (TPSA) is 49.5 Å². The number of rotatable bonds is 8. The maximum absolute atomic E-state index is 13.5. The number of hydrogen-bond acceptors (Lipinski definition) is 3. The Labute approximate surface area is 125 Å². The molecule has 0 aromatic heterocycles. The van der Waals surface area contributed by atoms with Crippen LogP contribution in [0.5, 0.6) is 0 Å². The van der Waals surface area contributed by atoms with Crippen LogP contribution in [0.15, 0.2) is 18.2 Å². The van der Waals surface area contributed by atoms with Gasteiger partial charge in [-0.25, -0.2) is 4.39 Å². The second kappa shape index (κ2) is 8.29. The molecule has 0 bridgehead atoms. The fraction of sp³-hybridized carbons (Fsp3) is 0.533. The molecular formula is C15H23FN2OS. The molecule has 0 spiro atoms. The highest BCUT2D eigenvalue weighted by Crippen LogP contribution is 2.18. The van der Waals surface area contributed by atoms with Gasteiger partial charge in [0.2, 0.25) is 0 Å². The maximum atomic E-state index is 13.5. The largest absolute Gasteiger partial charge is 0.395 e. The summed E-state index contributed by atoms with van der Waals surface area (Å²) in [6.45, 7) is 5.39. The first-order valence-corrected chi connectivity index (χ1v) is 7.37. The maximum Gasteiger partial charge on any atom is 0.123 e. The monoisotopic (exact) mass is 298 g/mol. The number of thiocarbonyl (C=S) groups is 1. The summed E-state index contributed by atoms with van der Waals surface area (Å²) in [5, 5.41) is 9.22. The number of nitrogens with zero attached hydrogens (tertiary/aromatic N) is 1. The van der Waals surface area contributed by atoms with Gasteiger partial charge in [-0.15, -0.1) is 0 Å². The van der Waals surface area contributed by atoms with Crippen LogP contribution in [-0.2, 0) is 6.54 Å². The summed E-state index contributed by atoms with van der Waals surface area (Å²) in [4.78, 5) is 2.42. The fourth-order valence-corrected chi connectivity index (χ4v) is 2.68. The Balaban J connectivity index is 3.03. The van der Waals surface area contributed by atoms with Crippen LogP contribution in [0.2, 0.25) is 0 Å². The van der Waals surface area contributed by atoms with Crippen molar-refractivity contribution in [2.24, 2.45) is 5.73 Å². The van der Waals surface area contributed by atoms with E-state index < -0.39 is 0 Å². The zero-order valence-electron chi connectivity index (χ0n) is 12.1. The Hall–Kier alpha value is -1.04. The molecule has 0 atom stereocenters. The Morgan fingerprint density at radius 1 is 1.40 bits per heavy atom. The zero-order valence-corrected chi connectivity index (χ0v) is 12.9. The number of aliphatic hydroxyl groups excluding tert-OH is 1. The molecule has 0 aliphatic rings. The summed E-state index contributed by atoms with van der Waals surface area (Å²) in [6.07, 6.45) is 1.96. The van der Waals surface area contributed by atoms with E-state index in [2.05, 4.69) is 18.7 Å². The van der Waals surface area contributed by atoms with E-state index in [1.165, 1.54) is 12.1 Å².